The van der Waals surface area contributed by atoms with E-state index in [-0.39, 0.29) is 24.2 Å². The maximum atomic E-state index is 13.2. The molecule has 1 fully saturated rings. The molecule has 0 bridgehead atoms. The highest BCUT2D eigenvalue weighted by Gasteiger charge is 2.33. The minimum atomic E-state index is -0.728. The second-order valence-electron chi connectivity index (χ2n) is 9.15. The second-order valence-corrected chi connectivity index (χ2v) is 10.2. The fourth-order valence-electron chi connectivity index (χ4n) is 4.09. The highest BCUT2D eigenvalue weighted by Crippen LogP contribution is 2.36. The van der Waals surface area contributed by atoms with Crippen LogP contribution in [0.15, 0.2) is 30.3 Å². The zero-order chi connectivity index (χ0) is 24.0. The molecule has 0 atom stereocenters. The van der Waals surface area contributed by atoms with Crippen molar-refractivity contribution in [3.63, 3.8) is 0 Å². The summed E-state index contributed by atoms with van der Waals surface area (Å²) in [6, 6.07) is 9.77. The largest absolute Gasteiger partial charge is 0.462 e. The molecule has 0 aliphatic heterocycles. The molecule has 1 aromatic heterocycles. The topological polar surface area (TPSA) is 81.7 Å². The number of thiophene rings is 1. The first-order valence-electron chi connectivity index (χ1n) is 11.6. The molecule has 0 spiro atoms. The standard InChI is InChI=1S/C26H33NO5S/c1-5-31-23(28)20-17(2)21(24(29)32-19-14-10-7-11-15-19)33-22(20)27-25(30)26(3,4)16-18-12-8-6-9-13-18/h6,8-9,12-13,19H,5,7,10-11,14-16H2,1-4H3,(H,27,30). The molecule has 6 nitrogen and oxygen atoms in total. The lowest BCUT2D eigenvalue weighted by molar-refractivity contribution is -0.123. The summed E-state index contributed by atoms with van der Waals surface area (Å²) < 4.78 is 10.9. The molecule has 1 aliphatic rings. The molecule has 7 heteroatoms. The van der Waals surface area contributed by atoms with E-state index in [9.17, 15) is 14.4 Å². The smallest absolute Gasteiger partial charge is 0.348 e. The Morgan fingerprint density at radius 2 is 1.73 bits per heavy atom. The van der Waals surface area contributed by atoms with Crippen molar-refractivity contribution in [2.75, 3.05) is 11.9 Å². The third-order valence-corrected chi connectivity index (χ3v) is 7.16. The Kier molecular flexibility index (Phi) is 8.30. The molecule has 178 valence electrons. The summed E-state index contributed by atoms with van der Waals surface area (Å²) in [5, 5.41) is 3.23. The van der Waals surface area contributed by atoms with Gasteiger partial charge in [0.2, 0.25) is 5.91 Å². The average molecular weight is 472 g/mol. The van der Waals surface area contributed by atoms with Gasteiger partial charge in [-0.15, -0.1) is 11.3 Å². The molecule has 1 heterocycles. The van der Waals surface area contributed by atoms with Crippen LogP contribution in [-0.4, -0.2) is 30.6 Å². The first kappa shape index (κ1) is 25.0. The Labute approximate surface area is 199 Å². The van der Waals surface area contributed by atoms with Crippen molar-refractivity contribution in [2.24, 2.45) is 5.41 Å². The minimum Gasteiger partial charge on any atom is -0.462 e. The van der Waals surface area contributed by atoms with Crippen LogP contribution in [0.2, 0.25) is 0 Å². The molecule has 2 aromatic rings. The van der Waals surface area contributed by atoms with E-state index in [1.54, 1.807) is 13.8 Å². The van der Waals surface area contributed by atoms with Crippen molar-refractivity contribution in [3.8, 4) is 0 Å². The monoisotopic (exact) mass is 471 g/mol. The zero-order valence-corrected chi connectivity index (χ0v) is 20.7. The summed E-state index contributed by atoms with van der Waals surface area (Å²) in [6.07, 6.45) is 5.42. The maximum absolute atomic E-state index is 13.2. The predicted molar refractivity (Wildman–Crippen MR) is 130 cm³/mol. The number of esters is 2. The summed E-state index contributed by atoms with van der Waals surface area (Å²) in [5.74, 6) is -1.23. The molecular weight excluding hydrogens is 438 g/mol. The van der Waals surface area contributed by atoms with Crippen molar-refractivity contribution in [1.29, 1.82) is 0 Å². The van der Waals surface area contributed by atoms with E-state index in [1.165, 1.54) is 0 Å². The fourth-order valence-corrected chi connectivity index (χ4v) is 5.16. The van der Waals surface area contributed by atoms with Crippen LogP contribution in [0.5, 0.6) is 0 Å². The Bertz CT molecular complexity index is 990. The molecule has 0 radical (unpaired) electrons. The summed E-state index contributed by atoms with van der Waals surface area (Å²) in [4.78, 5) is 39.2. The number of benzene rings is 1. The van der Waals surface area contributed by atoms with Crippen LogP contribution < -0.4 is 5.32 Å². The number of amides is 1. The van der Waals surface area contributed by atoms with Crippen molar-refractivity contribution in [3.05, 3.63) is 51.9 Å². The minimum absolute atomic E-state index is 0.0957. The normalized spacial score (nSPS) is 14.5. The molecule has 3 rings (SSSR count). The number of carbonyl (C=O) groups is 3. The molecule has 1 saturated carbocycles. The lowest BCUT2D eigenvalue weighted by Gasteiger charge is -2.23. The molecule has 33 heavy (non-hydrogen) atoms. The van der Waals surface area contributed by atoms with Gasteiger partial charge in [-0.3, -0.25) is 4.79 Å². The van der Waals surface area contributed by atoms with Crippen LogP contribution in [0, 0.1) is 12.3 Å². The van der Waals surface area contributed by atoms with E-state index in [2.05, 4.69) is 5.32 Å². The molecule has 1 amide bonds. The first-order valence-corrected chi connectivity index (χ1v) is 12.4. The Morgan fingerprint density at radius 3 is 2.36 bits per heavy atom. The van der Waals surface area contributed by atoms with E-state index in [4.69, 9.17) is 9.47 Å². The van der Waals surface area contributed by atoms with Crippen LogP contribution in [0.3, 0.4) is 0 Å². The fraction of sp³-hybridized carbons (Fsp3) is 0.500. The predicted octanol–water partition coefficient (Wildman–Crippen LogP) is 5.93. The van der Waals surface area contributed by atoms with Crippen LogP contribution in [0.25, 0.3) is 0 Å². The summed E-state index contributed by atoms with van der Waals surface area (Å²) in [5.41, 5.74) is 1.02. The Hall–Kier alpha value is -2.67. The summed E-state index contributed by atoms with van der Waals surface area (Å²) >= 11 is 1.08. The third kappa shape index (κ3) is 6.22. The van der Waals surface area contributed by atoms with Gasteiger partial charge in [0.15, 0.2) is 0 Å². The Balaban J connectivity index is 1.84. The maximum Gasteiger partial charge on any atom is 0.348 e. The molecule has 1 N–H and O–H groups in total. The van der Waals surface area contributed by atoms with Crippen molar-refractivity contribution in [1.82, 2.24) is 0 Å². The number of nitrogens with one attached hydrogen (secondary N) is 1. The molecule has 1 aromatic carbocycles. The van der Waals surface area contributed by atoms with Crippen LogP contribution in [0.4, 0.5) is 5.00 Å². The number of anilines is 1. The molecule has 1 aliphatic carbocycles. The highest BCUT2D eigenvalue weighted by molar-refractivity contribution is 7.18. The highest BCUT2D eigenvalue weighted by atomic mass is 32.1. The number of carbonyl (C=O) groups excluding carboxylic acids is 3. The van der Waals surface area contributed by atoms with Crippen LogP contribution >= 0.6 is 11.3 Å². The third-order valence-electron chi connectivity index (χ3n) is 5.97. The van der Waals surface area contributed by atoms with Gasteiger partial charge < -0.3 is 14.8 Å². The second kappa shape index (κ2) is 11.0. The van der Waals surface area contributed by atoms with E-state index in [0.717, 1.165) is 49.0 Å². The Morgan fingerprint density at radius 1 is 1.06 bits per heavy atom. The van der Waals surface area contributed by atoms with Gasteiger partial charge in [-0.05, 0) is 57.1 Å². The summed E-state index contributed by atoms with van der Waals surface area (Å²) in [6.45, 7) is 7.34. The van der Waals surface area contributed by atoms with Gasteiger partial charge in [-0.1, -0.05) is 50.6 Å². The van der Waals surface area contributed by atoms with Crippen molar-refractivity contribution < 1.29 is 23.9 Å². The van der Waals surface area contributed by atoms with Gasteiger partial charge in [0.1, 0.15) is 16.0 Å². The number of hydrogen-bond donors (Lipinski definition) is 1. The number of hydrogen-bond acceptors (Lipinski definition) is 6. The number of rotatable bonds is 8. The van der Waals surface area contributed by atoms with E-state index in [0.29, 0.717) is 21.9 Å². The number of ether oxygens (including phenoxy) is 2. The lowest BCUT2D eigenvalue weighted by Crippen LogP contribution is -2.33. The van der Waals surface area contributed by atoms with Crippen molar-refractivity contribution in [2.45, 2.75) is 72.3 Å². The van der Waals surface area contributed by atoms with Gasteiger partial charge in [0.25, 0.3) is 0 Å². The van der Waals surface area contributed by atoms with E-state index >= 15 is 0 Å². The molecule has 0 unspecified atom stereocenters. The van der Waals surface area contributed by atoms with E-state index in [1.807, 2.05) is 44.2 Å². The van der Waals surface area contributed by atoms with Crippen molar-refractivity contribution >= 4 is 34.2 Å². The van der Waals surface area contributed by atoms with Gasteiger partial charge in [0, 0.05) is 5.41 Å². The molecular formula is C26H33NO5S. The van der Waals surface area contributed by atoms with Gasteiger partial charge in [-0.25, -0.2) is 9.59 Å². The summed E-state index contributed by atoms with van der Waals surface area (Å²) in [7, 11) is 0. The first-order chi connectivity index (χ1) is 15.7. The van der Waals surface area contributed by atoms with Crippen LogP contribution in [0.1, 0.15) is 84.0 Å². The lowest BCUT2D eigenvalue weighted by atomic mass is 9.85. The van der Waals surface area contributed by atoms with E-state index < -0.39 is 17.4 Å². The zero-order valence-electron chi connectivity index (χ0n) is 19.9. The average Bonchev–Trinajstić information content (AvgIpc) is 3.11. The molecule has 0 saturated heterocycles. The van der Waals surface area contributed by atoms with Gasteiger partial charge >= 0.3 is 11.9 Å². The van der Waals surface area contributed by atoms with Gasteiger partial charge in [-0.2, -0.15) is 0 Å². The SMILES string of the molecule is CCOC(=O)c1c(NC(=O)C(C)(C)Cc2ccccc2)sc(C(=O)OC2CCCCC2)c1C. The van der Waals surface area contributed by atoms with Crippen LogP contribution in [-0.2, 0) is 20.7 Å². The quantitative estimate of drug-likeness (QED) is 0.483. The van der Waals surface area contributed by atoms with Gasteiger partial charge in [0.05, 0.1) is 12.2 Å².